The maximum atomic E-state index is 12.5. The maximum Gasteiger partial charge on any atom is 0.277 e. The molecule has 0 fully saturated rings. The summed E-state index contributed by atoms with van der Waals surface area (Å²) in [6.45, 7) is 3.78. The Labute approximate surface area is 162 Å². The molecule has 0 amide bonds. The van der Waals surface area contributed by atoms with E-state index in [0.717, 1.165) is 11.1 Å². The molecule has 0 aliphatic carbocycles. The number of ketones is 1. The average molecular weight is 382 g/mol. The molecule has 0 radical (unpaired) electrons. The Morgan fingerprint density at radius 3 is 2.52 bits per heavy atom. The van der Waals surface area contributed by atoms with Crippen molar-refractivity contribution >= 4 is 17.5 Å². The fourth-order valence-corrected chi connectivity index (χ4v) is 3.65. The first-order valence-corrected chi connectivity index (χ1v) is 9.65. The van der Waals surface area contributed by atoms with Crippen molar-refractivity contribution in [3.63, 3.8) is 0 Å². The van der Waals surface area contributed by atoms with Crippen molar-refractivity contribution in [3.8, 4) is 0 Å². The van der Waals surface area contributed by atoms with Crippen molar-refractivity contribution in [1.82, 2.24) is 19.3 Å². The molecule has 0 saturated heterocycles. The highest BCUT2D eigenvalue weighted by Crippen LogP contribution is 2.21. The Kier molecular flexibility index (Phi) is 5.91. The number of Topliss-reactive ketones (excluding diaryl/α,β-unsaturated/α-hetero) is 1. The highest BCUT2D eigenvalue weighted by Gasteiger charge is 2.12. The van der Waals surface area contributed by atoms with Gasteiger partial charge in [-0.3, -0.25) is 14.3 Å². The van der Waals surface area contributed by atoms with Crippen molar-refractivity contribution in [2.45, 2.75) is 37.7 Å². The standard InChI is InChI=1S/C20H22N4O2S/c1-14-4-6-16(7-5-14)13-27-20-22-19(26)18(12-24(20)10-15(2)25)8-17-9-21-23(3)11-17/h4-7,9,11-12H,8,10,13H2,1-3H3. The maximum absolute atomic E-state index is 12.5. The number of hydrogen-bond acceptors (Lipinski definition) is 5. The molecule has 0 saturated carbocycles. The van der Waals surface area contributed by atoms with E-state index in [1.54, 1.807) is 21.6 Å². The van der Waals surface area contributed by atoms with E-state index >= 15 is 0 Å². The van der Waals surface area contributed by atoms with E-state index in [-0.39, 0.29) is 17.9 Å². The van der Waals surface area contributed by atoms with E-state index in [1.807, 2.05) is 20.2 Å². The second kappa shape index (κ2) is 8.35. The minimum atomic E-state index is -0.259. The molecular weight excluding hydrogens is 360 g/mol. The van der Waals surface area contributed by atoms with E-state index in [1.165, 1.54) is 24.2 Å². The van der Waals surface area contributed by atoms with Crippen LogP contribution in [-0.4, -0.2) is 25.1 Å². The summed E-state index contributed by atoms with van der Waals surface area (Å²) < 4.78 is 3.47. The fourth-order valence-electron chi connectivity index (χ4n) is 2.73. The second-order valence-corrected chi connectivity index (χ2v) is 7.60. The summed E-state index contributed by atoms with van der Waals surface area (Å²) >= 11 is 1.46. The second-order valence-electron chi connectivity index (χ2n) is 6.66. The highest BCUT2D eigenvalue weighted by atomic mass is 32.2. The van der Waals surface area contributed by atoms with Gasteiger partial charge >= 0.3 is 0 Å². The van der Waals surface area contributed by atoms with Gasteiger partial charge in [0.1, 0.15) is 5.78 Å². The lowest BCUT2D eigenvalue weighted by Gasteiger charge is -2.12. The first-order chi connectivity index (χ1) is 12.9. The molecule has 0 N–H and O–H groups in total. The molecule has 3 rings (SSSR count). The Morgan fingerprint density at radius 2 is 1.89 bits per heavy atom. The zero-order valence-corrected chi connectivity index (χ0v) is 16.5. The van der Waals surface area contributed by atoms with E-state index in [2.05, 4.69) is 34.3 Å². The molecule has 0 unspecified atom stereocenters. The summed E-state index contributed by atoms with van der Waals surface area (Å²) in [5.41, 5.74) is 3.59. The minimum Gasteiger partial charge on any atom is -0.320 e. The lowest BCUT2D eigenvalue weighted by atomic mass is 10.1. The van der Waals surface area contributed by atoms with Gasteiger partial charge in [0.2, 0.25) is 0 Å². The molecule has 0 spiro atoms. The third-order valence-electron chi connectivity index (χ3n) is 4.06. The Hall–Kier alpha value is -2.67. The number of nitrogens with zero attached hydrogens (tertiary/aromatic N) is 4. The number of thioether (sulfide) groups is 1. The van der Waals surface area contributed by atoms with Gasteiger partial charge in [0.15, 0.2) is 5.16 Å². The monoisotopic (exact) mass is 382 g/mol. The lowest BCUT2D eigenvalue weighted by molar-refractivity contribution is -0.117. The van der Waals surface area contributed by atoms with Gasteiger partial charge in [0.25, 0.3) is 5.56 Å². The number of carbonyl (C=O) groups is 1. The molecule has 6 nitrogen and oxygen atoms in total. The van der Waals surface area contributed by atoms with Crippen LogP contribution < -0.4 is 5.56 Å². The van der Waals surface area contributed by atoms with Crippen molar-refractivity contribution in [3.05, 3.63) is 75.5 Å². The summed E-state index contributed by atoms with van der Waals surface area (Å²) in [4.78, 5) is 28.4. The topological polar surface area (TPSA) is 69.8 Å². The van der Waals surface area contributed by atoms with Crippen LogP contribution in [0.4, 0.5) is 0 Å². The molecule has 0 bridgehead atoms. The molecule has 2 heterocycles. The highest BCUT2D eigenvalue weighted by molar-refractivity contribution is 7.98. The van der Waals surface area contributed by atoms with Crippen LogP contribution in [0.25, 0.3) is 0 Å². The molecule has 27 heavy (non-hydrogen) atoms. The number of aryl methyl sites for hydroxylation is 2. The lowest BCUT2D eigenvalue weighted by Crippen LogP contribution is -2.21. The van der Waals surface area contributed by atoms with Crippen LogP contribution in [0.15, 0.2) is 52.8 Å². The molecule has 140 valence electrons. The first-order valence-electron chi connectivity index (χ1n) is 8.66. The fraction of sp³-hybridized carbons (Fsp3) is 0.300. The zero-order chi connectivity index (χ0) is 19.4. The summed E-state index contributed by atoms with van der Waals surface area (Å²) in [6.07, 6.45) is 5.80. The smallest absolute Gasteiger partial charge is 0.277 e. The Bertz CT molecular complexity index is 1010. The van der Waals surface area contributed by atoms with E-state index in [4.69, 9.17) is 0 Å². The minimum absolute atomic E-state index is 0.0185. The quantitative estimate of drug-likeness (QED) is 0.464. The number of rotatable bonds is 7. The summed E-state index contributed by atoms with van der Waals surface area (Å²) in [5.74, 6) is 0.706. The van der Waals surface area contributed by atoms with Crippen molar-refractivity contribution in [1.29, 1.82) is 0 Å². The average Bonchev–Trinajstić information content (AvgIpc) is 3.02. The number of aromatic nitrogens is 4. The molecule has 0 atom stereocenters. The van der Waals surface area contributed by atoms with Crippen LogP contribution >= 0.6 is 11.8 Å². The normalized spacial score (nSPS) is 10.9. The van der Waals surface area contributed by atoms with Crippen molar-refractivity contribution in [2.24, 2.45) is 7.05 Å². The van der Waals surface area contributed by atoms with Gasteiger partial charge in [-0.2, -0.15) is 10.1 Å². The third kappa shape index (κ3) is 5.17. The largest absolute Gasteiger partial charge is 0.320 e. The van der Waals surface area contributed by atoms with Gasteiger partial charge in [0.05, 0.1) is 12.7 Å². The van der Waals surface area contributed by atoms with Crippen LogP contribution in [0.3, 0.4) is 0 Å². The summed E-state index contributed by atoms with van der Waals surface area (Å²) in [7, 11) is 1.83. The van der Waals surface area contributed by atoms with Crippen LogP contribution in [0.2, 0.25) is 0 Å². The van der Waals surface area contributed by atoms with E-state index < -0.39 is 0 Å². The molecule has 3 aromatic rings. The Morgan fingerprint density at radius 1 is 1.15 bits per heavy atom. The number of carbonyl (C=O) groups excluding carboxylic acids is 1. The molecule has 0 aliphatic rings. The van der Waals surface area contributed by atoms with Gasteiger partial charge in [-0.05, 0) is 25.0 Å². The van der Waals surface area contributed by atoms with E-state index in [9.17, 15) is 9.59 Å². The molecule has 0 aliphatic heterocycles. The summed E-state index contributed by atoms with van der Waals surface area (Å²) in [6, 6.07) is 8.24. The van der Waals surface area contributed by atoms with E-state index in [0.29, 0.717) is 22.9 Å². The summed E-state index contributed by atoms with van der Waals surface area (Å²) in [5, 5.41) is 4.69. The molecule has 1 aromatic carbocycles. The van der Waals surface area contributed by atoms with Crippen LogP contribution in [0.5, 0.6) is 0 Å². The zero-order valence-electron chi connectivity index (χ0n) is 15.7. The SMILES string of the molecule is CC(=O)Cn1cc(Cc2cnn(C)c2)c(=O)nc1SCc1ccc(C)cc1. The van der Waals surface area contributed by atoms with Gasteiger partial charge in [0, 0.05) is 37.2 Å². The van der Waals surface area contributed by atoms with Gasteiger partial charge in [-0.1, -0.05) is 41.6 Å². The van der Waals surface area contributed by atoms with Gasteiger partial charge in [-0.25, -0.2) is 0 Å². The van der Waals surface area contributed by atoms with Crippen LogP contribution in [0.1, 0.15) is 29.2 Å². The number of hydrogen-bond donors (Lipinski definition) is 0. The van der Waals surface area contributed by atoms with Gasteiger partial charge in [-0.15, -0.1) is 0 Å². The number of benzene rings is 1. The van der Waals surface area contributed by atoms with Crippen molar-refractivity contribution < 1.29 is 4.79 Å². The van der Waals surface area contributed by atoms with Crippen molar-refractivity contribution in [2.75, 3.05) is 0 Å². The molecule has 2 aromatic heterocycles. The first kappa shape index (κ1) is 19.1. The third-order valence-corrected chi connectivity index (χ3v) is 5.13. The van der Waals surface area contributed by atoms with Gasteiger partial charge < -0.3 is 4.57 Å². The van der Waals surface area contributed by atoms with Crippen LogP contribution in [0, 0.1) is 6.92 Å². The molecular formula is C20H22N4O2S. The Balaban J connectivity index is 1.85. The predicted molar refractivity (Wildman–Crippen MR) is 106 cm³/mol. The van der Waals surface area contributed by atoms with Crippen LogP contribution in [-0.2, 0) is 30.6 Å². The predicted octanol–water partition coefficient (Wildman–Crippen LogP) is 2.76. The molecule has 7 heteroatoms.